The van der Waals surface area contributed by atoms with Gasteiger partial charge in [-0.25, -0.2) is 0 Å². The van der Waals surface area contributed by atoms with E-state index in [9.17, 15) is 0 Å². The normalized spacial score (nSPS) is 14.2. The molecule has 0 aliphatic heterocycles. The fourth-order valence-electron chi connectivity index (χ4n) is 8.86. The number of allylic oxidation sites excluding steroid dienone is 2. The monoisotopic (exact) mass is 664 g/mol. The lowest BCUT2D eigenvalue weighted by Gasteiger charge is -2.33. The maximum Gasteiger partial charge on any atom is 0.113 e. The van der Waals surface area contributed by atoms with E-state index in [1.165, 1.54) is 110 Å². The highest BCUT2D eigenvalue weighted by Gasteiger charge is 2.43. The predicted octanol–water partition coefficient (Wildman–Crippen LogP) is 14.2. The molecule has 0 fully saturated rings. The lowest BCUT2D eigenvalue weighted by atomic mass is 9.95. The predicted molar refractivity (Wildman–Crippen MR) is 219 cm³/mol. The highest BCUT2D eigenvalue weighted by Crippen LogP contribution is 2.53. The van der Waals surface area contributed by atoms with Gasteiger partial charge < -0.3 is 0 Å². The summed E-state index contributed by atoms with van der Waals surface area (Å²) in [7, 11) is -2.19. The summed E-state index contributed by atoms with van der Waals surface area (Å²) in [5.74, 6) is 0. The van der Waals surface area contributed by atoms with E-state index in [0.717, 1.165) is 12.8 Å². The van der Waals surface area contributed by atoms with Crippen molar-refractivity contribution in [2.24, 2.45) is 0 Å². The van der Waals surface area contributed by atoms with Crippen molar-refractivity contribution in [3.8, 4) is 22.3 Å². The molecule has 0 spiro atoms. The van der Waals surface area contributed by atoms with Crippen LogP contribution in [0.2, 0.25) is 13.1 Å². The van der Waals surface area contributed by atoms with Gasteiger partial charge in [-0.1, -0.05) is 163 Å². The first-order valence-electron chi connectivity index (χ1n) is 19.8. The van der Waals surface area contributed by atoms with Crippen molar-refractivity contribution >= 4 is 18.5 Å². The summed E-state index contributed by atoms with van der Waals surface area (Å²) in [6.45, 7) is 14.7. The van der Waals surface area contributed by atoms with Crippen LogP contribution in [0.15, 0.2) is 96.1 Å². The Balaban J connectivity index is 1.51. The van der Waals surface area contributed by atoms with E-state index in [2.05, 4.69) is 126 Å². The number of hydrogen-bond acceptors (Lipinski definition) is 0. The van der Waals surface area contributed by atoms with Gasteiger partial charge in [0.1, 0.15) is 8.07 Å². The van der Waals surface area contributed by atoms with Crippen LogP contribution in [-0.4, -0.2) is 8.07 Å². The molecule has 49 heavy (non-hydrogen) atoms. The molecule has 0 N–H and O–H groups in total. The van der Waals surface area contributed by atoms with Crippen LogP contribution >= 0.6 is 0 Å². The molecule has 0 saturated carbocycles. The van der Waals surface area contributed by atoms with Crippen LogP contribution in [0.3, 0.4) is 0 Å². The maximum atomic E-state index is 2.72. The van der Waals surface area contributed by atoms with Gasteiger partial charge in [0.2, 0.25) is 0 Å². The molecule has 4 aromatic rings. The molecule has 0 aromatic heterocycles. The van der Waals surface area contributed by atoms with E-state index in [4.69, 9.17) is 0 Å². The van der Waals surface area contributed by atoms with Gasteiger partial charge in [-0.15, -0.1) is 0 Å². The van der Waals surface area contributed by atoms with Crippen molar-refractivity contribution in [3.63, 3.8) is 0 Å². The molecule has 1 heteroatoms. The molecular formula is C48H60Si. The number of hydrogen-bond donors (Lipinski definition) is 0. The summed E-state index contributed by atoms with van der Waals surface area (Å²) < 4.78 is 0. The average molecular weight is 665 g/mol. The van der Waals surface area contributed by atoms with Crippen LogP contribution < -0.4 is 0 Å². The summed E-state index contributed by atoms with van der Waals surface area (Å²) in [4.78, 5) is 0. The first-order chi connectivity index (χ1) is 23.9. The van der Waals surface area contributed by atoms with E-state index < -0.39 is 8.07 Å². The summed E-state index contributed by atoms with van der Waals surface area (Å²) in [5, 5.41) is 3.51. The molecule has 0 amide bonds. The summed E-state index contributed by atoms with van der Waals surface area (Å²) >= 11 is 0. The molecule has 0 heterocycles. The van der Waals surface area contributed by atoms with Crippen molar-refractivity contribution < 1.29 is 0 Å². The van der Waals surface area contributed by atoms with Gasteiger partial charge in [-0.05, 0) is 130 Å². The standard InChI is InChI=1S/C48H60Si/c1-7-11-17-35-25-29-37(30-26-35)43-23-15-21-39-33-41(19-13-9-3)47(45(39)43)49(5,6)48-42(20-14-10-4)34-40-22-16-24-44(46(40)48)38-31-27-36(28-32-38)18-12-8-2/h15-16,21-32H,7-14,17-20,33-34H2,1-6H3. The van der Waals surface area contributed by atoms with Crippen molar-refractivity contribution in [2.75, 3.05) is 0 Å². The van der Waals surface area contributed by atoms with Crippen LogP contribution in [0.1, 0.15) is 125 Å². The molecule has 2 aliphatic rings. The van der Waals surface area contributed by atoms with Crippen LogP contribution in [0, 0.1) is 0 Å². The zero-order valence-electron chi connectivity index (χ0n) is 31.5. The lowest BCUT2D eigenvalue weighted by molar-refractivity contribution is 0.778. The Kier molecular flexibility index (Phi) is 11.6. The molecule has 0 nitrogen and oxygen atoms in total. The third kappa shape index (κ3) is 7.39. The molecule has 256 valence electrons. The zero-order chi connectivity index (χ0) is 34.4. The first kappa shape index (κ1) is 35.4. The van der Waals surface area contributed by atoms with Gasteiger partial charge in [-0.3, -0.25) is 0 Å². The highest BCUT2D eigenvalue weighted by atomic mass is 28.3. The Morgan fingerprint density at radius 1 is 0.449 bits per heavy atom. The van der Waals surface area contributed by atoms with E-state index in [1.807, 2.05) is 0 Å². The fraction of sp³-hybridized carbons (Fsp3) is 0.417. The Morgan fingerprint density at radius 3 is 1.18 bits per heavy atom. The number of benzene rings is 4. The molecular weight excluding hydrogens is 605 g/mol. The topological polar surface area (TPSA) is 0 Å². The van der Waals surface area contributed by atoms with Crippen molar-refractivity contribution in [2.45, 2.75) is 131 Å². The van der Waals surface area contributed by atoms with E-state index in [1.54, 1.807) is 43.8 Å². The maximum absolute atomic E-state index is 2.72. The van der Waals surface area contributed by atoms with Gasteiger partial charge in [0, 0.05) is 0 Å². The second-order valence-corrected chi connectivity index (χ2v) is 19.7. The van der Waals surface area contributed by atoms with E-state index in [-0.39, 0.29) is 0 Å². The quantitative estimate of drug-likeness (QED) is 0.105. The van der Waals surface area contributed by atoms with Gasteiger partial charge in [-0.2, -0.15) is 0 Å². The molecule has 0 unspecified atom stereocenters. The second-order valence-electron chi connectivity index (χ2n) is 15.4. The van der Waals surface area contributed by atoms with Crippen LogP contribution in [-0.2, 0) is 25.7 Å². The largest absolute Gasteiger partial charge is 0.113 e. The van der Waals surface area contributed by atoms with E-state index in [0.29, 0.717) is 0 Å². The Hall–Kier alpha value is -3.42. The van der Waals surface area contributed by atoms with Crippen molar-refractivity contribution in [3.05, 3.63) is 129 Å². The molecule has 0 saturated heterocycles. The number of unbranched alkanes of at least 4 members (excludes halogenated alkanes) is 4. The third-order valence-electron chi connectivity index (χ3n) is 11.4. The van der Waals surface area contributed by atoms with E-state index >= 15 is 0 Å². The molecule has 2 aliphatic carbocycles. The lowest BCUT2D eigenvalue weighted by Crippen LogP contribution is -2.32. The number of rotatable bonds is 16. The summed E-state index contributed by atoms with van der Waals surface area (Å²) in [6.07, 6.45) is 17.1. The number of aryl methyl sites for hydroxylation is 2. The molecule has 0 atom stereocenters. The van der Waals surface area contributed by atoms with Gasteiger partial charge in [0.25, 0.3) is 0 Å². The second kappa shape index (κ2) is 16.1. The Bertz CT molecular complexity index is 1660. The average Bonchev–Trinajstić information content (AvgIpc) is 3.71. The first-order valence-corrected chi connectivity index (χ1v) is 22.8. The molecule has 6 rings (SSSR count). The minimum absolute atomic E-state index is 1.12. The zero-order valence-corrected chi connectivity index (χ0v) is 32.5. The Morgan fingerprint density at radius 2 is 0.816 bits per heavy atom. The minimum atomic E-state index is -2.19. The molecule has 0 bridgehead atoms. The molecule has 4 aromatic carbocycles. The smallest absolute Gasteiger partial charge is 0.0655 e. The highest BCUT2D eigenvalue weighted by molar-refractivity contribution is 7.09. The van der Waals surface area contributed by atoms with Crippen LogP contribution in [0.5, 0.6) is 0 Å². The third-order valence-corrected chi connectivity index (χ3v) is 15.1. The van der Waals surface area contributed by atoms with Crippen molar-refractivity contribution in [1.82, 2.24) is 0 Å². The van der Waals surface area contributed by atoms with Gasteiger partial charge >= 0.3 is 0 Å². The fourth-order valence-corrected chi connectivity index (χ4v) is 13.1. The molecule has 0 radical (unpaired) electrons. The van der Waals surface area contributed by atoms with Gasteiger partial charge in [0.05, 0.1) is 0 Å². The number of fused-ring (bicyclic) bond motifs is 2. The summed E-state index contributed by atoms with van der Waals surface area (Å²) in [5.41, 5.74) is 18.3. The summed E-state index contributed by atoms with van der Waals surface area (Å²) in [6, 6.07) is 33.6. The minimum Gasteiger partial charge on any atom is -0.0655 e. The van der Waals surface area contributed by atoms with Crippen LogP contribution in [0.25, 0.3) is 32.6 Å². The van der Waals surface area contributed by atoms with Gasteiger partial charge in [0.15, 0.2) is 0 Å². The van der Waals surface area contributed by atoms with Crippen molar-refractivity contribution in [1.29, 1.82) is 0 Å². The van der Waals surface area contributed by atoms with Crippen LogP contribution in [0.4, 0.5) is 0 Å². The Labute approximate surface area is 299 Å². The SMILES string of the molecule is CCCCC1=C([Si](C)(C)C2=C(CCCC)Cc3cccc(-c4ccc(CCCC)cc4)c32)c2c(cccc2-c2ccc(CCCC)cc2)C1.